The molecule has 2 aromatic carbocycles. The van der Waals surface area contributed by atoms with Gasteiger partial charge in [0.15, 0.2) is 0 Å². The minimum atomic E-state index is -3.54. The molecule has 28 heavy (non-hydrogen) atoms. The molecular weight excluding hydrogens is 378 g/mol. The largest absolute Gasteiger partial charge is 0.379 e. The minimum absolute atomic E-state index is 0.203. The molecule has 3 rings (SSSR count). The van der Waals surface area contributed by atoms with Crippen molar-refractivity contribution in [2.75, 3.05) is 36.9 Å². The van der Waals surface area contributed by atoms with Gasteiger partial charge in [-0.1, -0.05) is 12.1 Å². The van der Waals surface area contributed by atoms with Gasteiger partial charge in [0.2, 0.25) is 15.9 Å². The molecule has 0 aromatic heterocycles. The highest BCUT2D eigenvalue weighted by Crippen LogP contribution is 2.20. The van der Waals surface area contributed by atoms with Crippen molar-refractivity contribution in [1.82, 2.24) is 4.31 Å². The second-order valence-corrected chi connectivity index (χ2v) is 8.70. The Bertz CT molecular complexity index is 923. The lowest BCUT2D eigenvalue weighted by Gasteiger charge is -2.26. The summed E-state index contributed by atoms with van der Waals surface area (Å²) in [6, 6.07) is 13.6. The van der Waals surface area contributed by atoms with Crippen molar-refractivity contribution in [2.45, 2.75) is 24.8 Å². The normalized spacial score (nSPS) is 16.4. The first-order chi connectivity index (χ1) is 13.4. The molecule has 0 spiro atoms. The van der Waals surface area contributed by atoms with Crippen molar-refractivity contribution in [3.05, 3.63) is 54.1 Å². The number of sulfonamides is 1. The second-order valence-electron chi connectivity index (χ2n) is 6.77. The number of nitrogens with one attached hydrogen (secondary N) is 2. The van der Waals surface area contributed by atoms with Crippen LogP contribution in [0.15, 0.2) is 53.4 Å². The summed E-state index contributed by atoms with van der Waals surface area (Å²) in [5.74, 6) is -0.203. The number of nitrogens with zero attached hydrogens (tertiary/aromatic N) is 1. The molecule has 0 saturated carbocycles. The molecule has 1 atom stereocenters. The average molecular weight is 404 g/mol. The van der Waals surface area contributed by atoms with Gasteiger partial charge in [-0.25, -0.2) is 8.42 Å². The van der Waals surface area contributed by atoms with Gasteiger partial charge in [0.05, 0.1) is 18.1 Å². The van der Waals surface area contributed by atoms with Gasteiger partial charge in [-0.2, -0.15) is 4.31 Å². The summed E-state index contributed by atoms with van der Waals surface area (Å²) in [5, 5.41) is 5.96. The van der Waals surface area contributed by atoms with Gasteiger partial charge in [-0.3, -0.25) is 4.79 Å². The summed E-state index contributed by atoms with van der Waals surface area (Å²) < 4.78 is 31.9. The SMILES string of the molecule is Cc1cccc(N[C@H](C)C(=O)Nc2ccc(S(=O)(=O)N3CCOCC3)cc2)c1. The Morgan fingerprint density at radius 1 is 1.07 bits per heavy atom. The van der Waals surface area contributed by atoms with Crippen molar-refractivity contribution >= 4 is 27.3 Å². The highest BCUT2D eigenvalue weighted by atomic mass is 32.2. The van der Waals surface area contributed by atoms with Gasteiger partial charge in [-0.15, -0.1) is 0 Å². The van der Waals surface area contributed by atoms with Crippen molar-refractivity contribution in [1.29, 1.82) is 0 Å². The smallest absolute Gasteiger partial charge is 0.246 e. The van der Waals surface area contributed by atoms with E-state index in [4.69, 9.17) is 4.74 Å². The average Bonchev–Trinajstić information content (AvgIpc) is 2.69. The summed E-state index contributed by atoms with van der Waals surface area (Å²) in [4.78, 5) is 12.6. The predicted molar refractivity (Wildman–Crippen MR) is 109 cm³/mol. The van der Waals surface area contributed by atoms with Crippen molar-refractivity contribution in [3.8, 4) is 0 Å². The Hall–Kier alpha value is -2.42. The molecule has 0 aliphatic carbocycles. The molecule has 150 valence electrons. The molecule has 8 heteroatoms. The van der Waals surface area contributed by atoms with Gasteiger partial charge >= 0.3 is 0 Å². The van der Waals surface area contributed by atoms with Crippen molar-refractivity contribution in [2.24, 2.45) is 0 Å². The quantitative estimate of drug-likeness (QED) is 0.774. The van der Waals surface area contributed by atoms with Crippen LogP contribution in [0.5, 0.6) is 0 Å². The second kappa shape index (κ2) is 8.72. The Kier molecular flexibility index (Phi) is 6.33. The molecule has 0 bridgehead atoms. The van der Waals surface area contributed by atoms with Crippen LogP contribution in [0, 0.1) is 6.92 Å². The van der Waals surface area contributed by atoms with Crippen LogP contribution in [-0.2, 0) is 19.6 Å². The van der Waals surface area contributed by atoms with Gasteiger partial charge in [0.25, 0.3) is 0 Å². The third-order valence-electron chi connectivity index (χ3n) is 4.52. The Morgan fingerprint density at radius 2 is 1.75 bits per heavy atom. The standard InChI is InChI=1S/C20H25N3O4S/c1-15-4-3-5-18(14-15)21-16(2)20(24)22-17-6-8-19(9-7-17)28(25,26)23-10-12-27-13-11-23/h3-9,14,16,21H,10-13H2,1-2H3,(H,22,24)/t16-/m1/s1. The number of hydrogen-bond acceptors (Lipinski definition) is 5. The van der Waals surface area contributed by atoms with Crippen LogP contribution in [0.25, 0.3) is 0 Å². The number of carbonyl (C=O) groups is 1. The van der Waals surface area contributed by atoms with E-state index in [2.05, 4.69) is 10.6 Å². The number of anilines is 2. The van der Waals surface area contributed by atoms with Gasteiger partial charge in [-0.05, 0) is 55.8 Å². The molecule has 0 radical (unpaired) electrons. The van der Waals surface area contributed by atoms with E-state index in [0.29, 0.717) is 32.0 Å². The number of rotatable bonds is 6. The van der Waals surface area contributed by atoms with Crippen LogP contribution in [0.2, 0.25) is 0 Å². The Labute approximate surface area is 165 Å². The first kappa shape index (κ1) is 20.3. The molecule has 1 amide bonds. The first-order valence-electron chi connectivity index (χ1n) is 9.18. The van der Waals surface area contributed by atoms with Crippen LogP contribution in [-0.4, -0.2) is 51.0 Å². The molecule has 1 heterocycles. The number of carbonyl (C=O) groups excluding carboxylic acids is 1. The van der Waals surface area contributed by atoms with E-state index in [1.807, 2.05) is 31.2 Å². The monoisotopic (exact) mass is 403 g/mol. The molecule has 2 N–H and O–H groups in total. The van der Waals surface area contributed by atoms with Crippen LogP contribution < -0.4 is 10.6 Å². The molecular formula is C20H25N3O4S. The lowest BCUT2D eigenvalue weighted by molar-refractivity contribution is -0.116. The Morgan fingerprint density at radius 3 is 2.39 bits per heavy atom. The number of hydrogen-bond donors (Lipinski definition) is 2. The maximum absolute atomic E-state index is 12.6. The highest BCUT2D eigenvalue weighted by molar-refractivity contribution is 7.89. The lowest BCUT2D eigenvalue weighted by atomic mass is 10.2. The number of benzene rings is 2. The zero-order valence-electron chi connectivity index (χ0n) is 16.0. The topological polar surface area (TPSA) is 87.7 Å². The van der Waals surface area contributed by atoms with Gasteiger partial charge in [0, 0.05) is 24.5 Å². The van der Waals surface area contributed by atoms with Crippen LogP contribution in [0.1, 0.15) is 12.5 Å². The number of morpholine rings is 1. The van der Waals surface area contributed by atoms with E-state index in [1.165, 1.54) is 16.4 Å². The number of aryl methyl sites for hydroxylation is 1. The summed E-state index contributed by atoms with van der Waals surface area (Å²) in [6.07, 6.45) is 0. The maximum atomic E-state index is 12.6. The minimum Gasteiger partial charge on any atom is -0.379 e. The third kappa shape index (κ3) is 4.89. The first-order valence-corrected chi connectivity index (χ1v) is 10.6. The summed E-state index contributed by atoms with van der Waals surface area (Å²) >= 11 is 0. The van der Waals surface area contributed by atoms with E-state index >= 15 is 0 Å². The fourth-order valence-corrected chi connectivity index (χ4v) is 4.36. The molecule has 7 nitrogen and oxygen atoms in total. The van der Waals surface area contributed by atoms with Crippen molar-refractivity contribution in [3.63, 3.8) is 0 Å². The zero-order chi connectivity index (χ0) is 20.1. The molecule has 1 aliphatic heterocycles. The fourth-order valence-electron chi connectivity index (χ4n) is 2.95. The van der Waals surface area contributed by atoms with E-state index in [1.54, 1.807) is 19.1 Å². The van der Waals surface area contributed by atoms with Crippen LogP contribution >= 0.6 is 0 Å². The van der Waals surface area contributed by atoms with E-state index in [9.17, 15) is 13.2 Å². The summed E-state index contributed by atoms with van der Waals surface area (Å²) in [5.41, 5.74) is 2.52. The van der Waals surface area contributed by atoms with E-state index in [0.717, 1.165) is 11.3 Å². The fraction of sp³-hybridized carbons (Fsp3) is 0.350. The predicted octanol–water partition coefficient (Wildman–Crippen LogP) is 2.46. The number of amides is 1. The number of ether oxygens (including phenoxy) is 1. The van der Waals surface area contributed by atoms with Crippen molar-refractivity contribution < 1.29 is 17.9 Å². The third-order valence-corrected chi connectivity index (χ3v) is 6.44. The summed E-state index contributed by atoms with van der Waals surface area (Å²) in [6.45, 7) is 5.27. The highest BCUT2D eigenvalue weighted by Gasteiger charge is 2.26. The Balaban J connectivity index is 1.62. The van der Waals surface area contributed by atoms with Crippen LogP contribution in [0.3, 0.4) is 0 Å². The molecule has 1 aliphatic rings. The lowest BCUT2D eigenvalue weighted by Crippen LogP contribution is -2.40. The zero-order valence-corrected chi connectivity index (χ0v) is 16.8. The summed E-state index contributed by atoms with van der Waals surface area (Å²) in [7, 11) is -3.54. The van der Waals surface area contributed by atoms with E-state index < -0.39 is 16.1 Å². The maximum Gasteiger partial charge on any atom is 0.246 e. The molecule has 1 saturated heterocycles. The van der Waals surface area contributed by atoms with Gasteiger partial charge < -0.3 is 15.4 Å². The molecule has 0 unspecified atom stereocenters. The van der Waals surface area contributed by atoms with E-state index in [-0.39, 0.29) is 10.8 Å². The molecule has 2 aromatic rings. The molecule has 1 fully saturated rings. The van der Waals surface area contributed by atoms with Crippen LogP contribution in [0.4, 0.5) is 11.4 Å². The van der Waals surface area contributed by atoms with Gasteiger partial charge in [0.1, 0.15) is 6.04 Å².